The van der Waals surface area contributed by atoms with Crippen molar-refractivity contribution in [3.8, 4) is 0 Å². The lowest BCUT2D eigenvalue weighted by atomic mass is 10.1. The van der Waals surface area contributed by atoms with Crippen molar-refractivity contribution in [2.24, 2.45) is 0 Å². The molecule has 2 amide bonds. The van der Waals surface area contributed by atoms with E-state index in [1.807, 2.05) is 30.3 Å². The van der Waals surface area contributed by atoms with Gasteiger partial charge in [0.2, 0.25) is 10.6 Å². The van der Waals surface area contributed by atoms with Crippen molar-refractivity contribution in [1.29, 1.82) is 0 Å². The Labute approximate surface area is 387 Å². The summed E-state index contributed by atoms with van der Waals surface area (Å²) in [7, 11) is 3.37. The number of hydrogen-bond acceptors (Lipinski definition) is 14. The molecule has 4 aromatic heterocycles. The molecule has 14 nitrogen and oxygen atoms in total. The van der Waals surface area contributed by atoms with Crippen LogP contribution in [-0.2, 0) is 28.9 Å². The highest BCUT2D eigenvalue weighted by atomic mass is 35.5. The number of rotatable bonds is 10. The van der Waals surface area contributed by atoms with Gasteiger partial charge < -0.3 is 40.1 Å². The number of carbonyl (C=O) groups excluding carboxylic acids is 2. The van der Waals surface area contributed by atoms with Crippen LogP contribution in [0.25, 0.3) is 20.4 Å². The Morgan fingerprint density at radius 1 is 0.723 bits per heavy atom. The van der Waals surface area contributed by atoms with Gasteiger partial charge in [0.25, 0.3) is 0 Å². The summed E-state index contributed by atoms with van der Waals surface area (Å²) in [5.74, 6) is 0.665. The molecule has 7 rings (SSSR count). The zero-order chi connectivity index (χ0) is 47.6. The number of nitrogens with zero attached hydrogens (tertiary/aromatic N) is 6. The SMILES string of the molecule is CN(c1nc(Cl)nc2sc(CC(F)(F)F)cc12)[C@H]1C[C@@H](NC(=O)OC(C)(C)C)C[C@H]1O.CN(c1nc(Cl)nc2sc(CC(F)(F)F)cc12)[C@H]1C[C@@H](NC(=O)OCc2ccccc2)C[C@H]1O. The number of likely N-dealkylation sites (N-methyl/N-ethyl adjacent to an activating group) is 2. The second kappa shape index (κ2) is 20.2. The van der Waals surface area contributed by atoms with Crippen molar-refractivity contribution in [2.45, 2.75) is 120 Å². The summed E-state index contributed by atoms with van der Waals surface area (Å²) in [6.07, 6.45) is -12.2. The normalized spacial score (nSPS) is 21.2. The summed E-state index contributed by atoms with van der Waals surface area (Å²) in [4.78, 5) is 45.0. The lowest BCUT2D eigenvalue weighted by Gasteiger charge is -2.28. The van der Waals surface area contributed by atoms with E-state index in [0.717, 1.165) is 28.2 Å². The third-order valence-corrected chi connectivity index (χ3v) is 12.8. The number of halogens is 8. The number of nitrogens with one attached hydrogen (secondary N) is 2. The number of amides is 2. The lowest BCUT2D eigenvalue weighted by Crippen LogP contribution is -2.40. The first-order valence-corrected chi connectivity index (χ1v) is 22.5. The number of benzene rings is 1. The van der Waals surface area contributed by atoms with E-state index in [4.69, 9.17) is 32.7 Å². The van der Waals surface area contributed by atoms with Gasteiger partial charge in [-0.15, -0.1) is 22.7 Å². The van der Waals surface area contributed by atoms with Crippen LogP contribution in [0.1, 0.15) is 61.8 Å². The minimum Gasteiger partial charge on any atom is -0.445 e. The van der Waals surface area contributed by atoms with Gasteiger partial charge in [0.1, 0.15) is 33.5 Å². The van der Waals surface area contributed by atoms with E-state index in [0.29, 0.717) is 57.8 Å². The maximum Gasteiger partial charge on any atom is 0.407 e. The molecular formula is C41H46Cl2F6N8O6S2. The minimum absolute atomic E-state index is 0.0920. The van der Waals surface area contributed by atoms with Crippen molar-refractivity contribution in [2.75, 3.05) is 23.9 Å². The molecule has 4 N–H and O–H groups in total. The molecule has 0 saturated heterocycles. The fourth-order valence-corrected chi connectivity index (χ4v) is 10.3. The van der Waals surface area contributed by atoms with Crippen LogP contribution >= 0.6 is 45.9 Å². The summed E-state index contributed by atoms with van der Waals surface area (Å²) in [6, 6.07) is 10.5. The van der Waals surface area contributed by atoms with Gasteiger partial charge in [-0.25, -0.2) is 19.6 Å². The Morgan fingerprint density at radius 2 is 1.15 bits per heavy atom. The molecule has 65 heavy (non-hydrogen) atoms. The van der Waals surface area contributed by atoms with Gasteiger partial charge in [0, 0.05) is 35.9 Å². The van der Waals surface area contributed by atoms with Gasteiger partial charge in [-0.2, -0.15) is 36.3 Å². The Hall–Kier alpha value is -4.48. The van der Waals surface area contributed by atoms with Crippen LogP contribution in [0.4, 0.5) is 47.6 Å². The van der Waals surface area contributed by atoms with E-state index >= 15 is 0 Å². The highest BCUT2D eigenvalue weighted by molar-refractivity contribution is 7.19. The largest absolute Gasteiger partial charge is 0.445 e. The predicted octanol–water partition coefficient (Wildman–Crippen LogP) is 9.01. The quantitative estimate of drug-likeness (QED) is 0.0774. The van der Waals surface area contributed by atoms with E-state index in [1.54, 1.807) is 44.7 Å². The summed E-state index contributed by atoms with van der Waals surface area (Å²) < 4.78 is 87.5. The highest BCUT2D eigenvalue weighted by Crippen LogP contribution is 2.39. The van der Waals surface area contributed by atoms with E-state index in [1.165, 1.54) is 12.1 Å². The van der Waals surface area contributed by atoms with Crippen molar-refractivity contribution >= 4 is 90.1 Å². The Kier molecular flexibility index (Phi) is 15.5. The molecule has 2 aliphatic carbocycles. The fraction of sp³-hybridized carbons (Fsp3) is 0.512. The zero-order valence-corrected chi connectivity index (χ0v) is 38.7. The van der Waals surface area contributed by atoms with Crippen molar-refractivity contribution < 1.29 is 55.6 Å². The summed E-state index contributed by atoms with van der Waals surface area (Å²) in [6.45, 7) is 5.39. The zero-order valence-electron chi connectivity index (χ0n) is 35.5. The molecule has 1 aromatic carbocycles. The van der Waals surface area contributed by atoms with Gasteiger partial charge in [-0.3, -0.25) is 0 Å². The first-order chi connectivity index (χ1) is 30.3. The molecular weight excluding hydrogens is 950 g/mol. The Bertz CT molecular complexity index is 2460. The summed E-state index contributed by atoms with van der Waals surface area (Å²) in [5.41, 5.74) is 0.209. The Balaban J connectivity index is 0.000000216. The molecule has 0 aliphatic heterocycles. The number of carbonyl (C=O) groups is 2. The number of thiophene rings is 2. The maximum atomic E-state index is 12.9. The third kappa shape index (κ3) is 13.8. The van der Waals surface area contributed by atoms with Crippen LogP contribution in [0.5, 0.6) is 0 Å². The standard InChI is InChI=1S/C22H22ClF3N4O3S.C19H24ClF3N4O3S/c1-30(18-15-9-14(10-22(24,25)26)34-19(15)29-20(23)28-18)16-7-13(8-17(16)31)27-21(32)33-11-12-5-3-2-4-6-12;1-18(2,3)30-17(29)24-9-5-12(13(28)6-9)27(4)14-11-7-10(8-19(21,22)23)31-15(11)26-16(20)25-14/h2-6,9,13,16-17,31H,7-8,10-11H2,1H3,(H,27,32);7,9,12-13,28H,5-6,8H2,1-4H3,(H,24,29)/t13-,16+,17-;9-,12+,13-/m11/s1. The smallest absolute Gasteiger partial charge is 0.407 e. The molecule has 0 unspecified atom stereocenters. The molecule has 2 saturated carbocycles. The van der Waals surface area contributed by atoms with Gasteiger partial charge in [0.15, 0.2) is 0 Å². The van der Waals surface area contributed by atoms with Gasteiger partial charge >= 0.3 is 24.5 Å². The topological polar surface area (TPSA) is 175 Å². The monoisotopic (exact) mass is 994 g/mol. The number of ether oxygens (including phenoxy) is 2. The lowest BCUT2D eigenvalue weighted by molar-refractivity contribution is -0.127. The molecule has 0 bridgehead atoms. The van der Waals surface area contributed by atoms with Crippen molar-refractivity contribution in [1.82, 2.24) is 30.6 Å². The summed E-state index contributed by atoms with van der Waals surface area (Å²) in [5, 5.41) is 27.4. The molecule has 0 spiro atoms. The van der Waals surface area contributed by atoms with Gasteiger partial charge in [-0.1, -0.05) is 30.3 Å². The molecule has 2 fully saturated rings. The van der Waals surface area contributed by atoms with Crippen LogP contribution in [0.2, 0.25) is 10.6 Å². The second-order valence-corrected chi connectivity index (χ2v) is 19.7. The number of fused-ring (bicyclic) bond motifs is 2. The van der Waals surface area contributed by atoms with Gasteiger partial charge in [0.05, 0.1) is 47.9 Å². The van der Waals surface area contributed by atoms with E-state index in [-0.39, 0.29) is 39.0 Å². The number of alkyl halides is 6. The number of anilines is 2. The molecule has 4 heterocycles. The van der Waals surface area contributed by atoms with Gasteiger partial charge in [-0.05, 0) is 87.4 Å². The number of alkyl carbamates (subject to hydrolysis) is 2. The first kappa shape index (κ1) is 49.9. The van der Waals surface area contributed by atoms with Crippen molar-refractivity contribution in [3.63, 3.8) is 0 Å². The molecule has 6 atom stereocenters. The number of aliphatic hydroxyl groups is 2. The molecule has 0 radical (unpaired) electrons. The predicted molar refractivity (Wildman–Crippen MR) is 236 cm³/mol. The minimum atomic E-state index is -4.35. The molecule has 5 aromatic rings. The molecule has 24 heteroatoms. The fourth-order valence-electron chi connectivity index (χ4n) is 7.74. The number of aromatic nitrogens is 4. The third-order valence-electron chi connectivity index (χ3n) is 10.5. The van der Waals surface area contributed by atoms with Crippen molar-refractivity contribution in [3.05, 3.63) is 68.3 Å². The Morgan fingerprint density at radius 3 is 1.57 bits per heavy atom. The highest BCUT2D eigenvalue weighted by Gasteiger charge is 2.40. The van der Waals surface area contributed by atoms with E-state index in [9.17, 15) is 46.1 Å². The number of aliphatic hydroxyl groups excluding tert-OH is 2. The average Bonchev–Trinajstić information content (AvgIpc) is 3.95. The first-order valence-electron chi connectivity index (χ1n) is 20.1. The average molecular weight is 996 g/mol. The van der Waals surface area contributed by atoms with Crippen LogP contribution in [0.15, 0.2) is 42.5 Å². The van der Waals surface area contributed by atoms with Crippen LogP contribution < -0.4 is 20.4 Å². The van der Waals surface area contributed by atoms with E-state index in [2.05, 4.69) is 30.6 Å². The number of hydrogen-bond donors (Lipinski definition) is 4. The van der Waals surface area contributed by atoms with Crippen LogP contribution in [-0.4, -0.2) is 111 Å². The summed E-state index contributed by atoms with van der Waals surface area (Å²) >= 11 is 13.9. The van der Waals surface area contributed by atoms with Crippen LogP contribution in [0, 0.1) is 0 Å². The second-order valence-electron chi connectivity index (χ2n) is 16.8. The maximum absolute atomic E-state index is 12.9. The van der Waals surface area contributed by atoms with E-state index < -0.39 is 67.3 Å². The van der Waals surface area contributed by atoms with Crippen LogP contribution in [0.3, 0.4) is 0 Å². The molecule has 2 aliphatic rings. The molecule has 354 valence electrons.